The van der Waals surface area contributed by atoms with Gasteiger partial charge in [0.05, 0.1) is 6.42 Å². The van der Waals surface area contributed by atoms with E-state index in [9.17, 15) is 8.78 Å². The van der Waals surface area contributed by atoms with E-state index in [1.54, 1.807) is 12.1 Å². The zero-order valence-corrected chi connectivity index (χ0v) is 10.8. The third-order valence-corrected chi connectivity index (χ3v) is 2.68. The second-order valence-electron chi connectivity index (χ2n) is 3.65. The smallest absolute Gasteiger partial charge is 0.397 e. The molecule has 0 aromatic heterocycles. The third-order valence-electron chi connectivity index (χ3n) is 2.15. The van der Waals surface area contributed by atoms with Gasteiger partial charge < -0.3 is 4.74 Å². The number of unbranched alkanes of at least 4 members (excludes halogenated alkanes) is 2. The molecule has 16 heavy (non-hydrogen) atoms. The SMILES string of the molecule is CCCCCC(F)(F)Oc1ccc(Br)cc1. The Morgan fingerprint density at radius 2 is 1.81 bits per heavy atom. The van der Waals surface area contributed by atoms with Crippen LogP contribution in [0.3, 0.4) is 0 Å². The summed E-state index contributed by atoms with van der Waals surface area (Å²) < 4.78 is 32.1. The van der Waals surface area contributed by atoms with Gasteiger partial charge in [-0.2, -0.15) is 8.78 Å². The van der Waals surface area contributed by atoms with Crippen molar-refractivity contribution in [2.24, 2.45) is 0 Å². The van der Waals surface area contributed by atoms with Gasteiger partial charge in [-0.15, -0.1) is 0 Å². The van der Waals surface area contributed by atoms with Gasteiger partial charge in [0, 0.05) is 4.47 Å². The molecule has 0 amide bonds. The fourth-order valence-electron chi connectivity index (χ4n) is 1.31. The van der Waals surface area contributed by atoms with Crippen LogP contribution < -0.4 is 4.74 Å². The number of hydrogen-bond acceptors (Lipinski definition) is 1. The molecule has 0 radical (unpaired) electrons. The zero-order valence-electron chi connectivity index (χ0n) is 9.18. The van der Waals surface area contributed by atoms with Gasteiger partial charge in [-0.3, -0.25) is 0 Å². The van der Waals surface area contributed by atoms with E-state index >= 15 is 0 Å². The van der Waals surface area contributed by atoms with Gasteiger partial charge in [0.15, 0.2) is 0 Å². The highest BCUT2D eigenvalue weighted by atomic mass is 79.9. The molecular formula is C12H15BrF2O. The summed E-state index contributed by atoms with van der Waals surface area (Å²) in [6.07, 6.45) is -1.08. The molecule has 1 aromatic rings. The van der Waals surface area contributed by atoms with Crippen molar-refractivity contribution >= 4 is 15.9 Å². The summed E-state index contributed by atoms with van der Waals surface area (Å²) in [4.78, 5) is 0. The molecular weight excluding hydrogens is 278 g/mol. The molecule has 90 valence electrons. The van der Waals surface area contributed by atoms with Gasteiger partial charge in [0.2, 0.25) is 0 Å². The van der Waals surface area contributed by atoms with E-state index in [0.717, 1.165) is 17.3 Å². The highest BCUT2D eigenvalue weighted by Crippen LogP contribution is 2.27. The first kappa shape index (κ1) is 13.4. The third kappa shape index (κ3) is 4.92. The molecule has 0 saturated carbocycles. The monoisotopic (exact) mass is 292 g/mol. The summed E-state index contributed by atoms with van der Waals surface area (Å²) >= 11 is 3.23. The van der Waals surface area contributed by atoms with Gasteiger partial charge in [0.1, 0.15) is 5.75 Å². The Bertz CT molecular complexity index is 311. The molecule has 1 rings (SSSR count). The number of halogens is 3. The fourth-order valence-corrected chi connectivity index (χ4v) is 1.57. The normalized spacial score (nSPS) is 11.5. The van der Waals surface area contributed by atoms with Crippen LogP contribution in [0, 0.1) is 0 Å². The summed E-state index contributed by atoms with van der Waals surface area (Å²) in [5.74, 6) is 0.199. The van der Waals surface area contributed by atoms with E-state index in [4.69, 9.17) is 0 Å². The zero-order chi connectivity index (χ0) is 12.0. The first-order chi connectivity index (χ1) is 7.53. The highest BCUT2D eigenvalue weighted by molar-refractivity contribution is 9.10. The minimum Gasteiger partial charge on any atom is -0.433 e. The van der Waals surface area contributed by atoms with Gasteiger partial charge in [-0.05, 0) is 30.7 Å². The maximum absolute atomic E-state index is 13.3. The lowest BCUT2D eigenvalue weighted by molar-refractivity contribution is -0.181. The molecule has 0 atom stereocenters. The highest BCUT2D eigenvalue weighted by Gasteiger charge is 2.30. The average Bonchev–Trinajstić information content (AvgIpc) is 2.21. The van der Waals surface area contributed by atoms with Crippen molar-refractivity contribution < 1.29 is 13.5 Å². The average molecular weight is 293 g/mol. The maximum Gasteiger partial charge on any atom is 0.397 e. The van der Waals surface area contributed by atoms with E-state index in [-0.39, 0.29) is 12.2 Å². The van der Waals surface area contributed by atoms with Crippen LogP contribution in [0.2, 0.25) is 0 Å². The van der Waals surface area contributed by atoms with E-state index in [2.05, 4.69) is 20.7 Å². The van der Waals surface area contributed by atoms with E-state index in [1.165, 1.54) is 12.1 Å². The number of hydrogen-bond donors (Lipinski definition) is 0. The number of alkyl halides is 2. The molecule has 0 N–H and O–H groups in total. The molecule has 0 spiro atoms. The minimum atomic E-state index is -3.07. The van der Waals surface area contributed by atoms with Crippen LogP contribution in [0.5, 0.6) is 5.75 Å². The maximum atomic E-state index is 13.3. The van der Waals surface area contributed by atoms with Crippen LogP contribution in [-0.4, -0.2) is 6.11 Å². The topological polar surface area (TPSA) is 9.23 Å². The molecule has 0 heterocycles. The summed E-state index contributed by atoms with van der Waals surface area (Å²) in [6.45, 7) is 1.98. The fraction of sp³-hybridized carbons (Fsp3) is 0.500. The van der Waals surface area contributed by atoms with Crippen molar-refractivity contribution in [3.63, 3.8) is 0 Å². The Kier molecular flexibility index (Phi) is 5.19. The van der Waals surface area contributed by atoms with Crippen molar-refractivity contribution in [1.82, 2.24) is 0 Å². The second kappa shape index (κ2) is 6.18. The van der Waals surface area contributed by atoms with E-state index < -0.39 is 6.11 Å². The number of benzene rings is 1. The Morgan fingerprint density at radius 1 is 1.19 bits per heavy atom. The van der Waals surface area contributed by atoms with Gasteiger partial charge in [0.25, 0.3) is 0 Å². The quantitative estimate of drug-likeness (QED) is 0.670. The van der Waals surface area contributed by atoms with Crippen molar-refractivity contribution in [2.45, 2.75) is 38.7 Å². The number of ether oxygens (including phenoxy) is 1. The summed E-state index contributed by atoms with van der Waals surface area (Å²) in [6, 6.07) is 6.41. The van der Waals surface area contributed by atoms with Crippen molar-refractivity contribution in [1.29, 1.82) is 0 Å². The predicted octanol–water partition coefficient (Wildman–Crippen LogP) is 5.00. The predicted molar refractivity (Wildman–Crippen MR) is 63.9 cm³/mol. The molecule has 0 aliphatic heterocycles. The molecule has 0 unspecified atom stereocenters. The first-order valence-corrected chi connectivity index (χ1v) is 6.15. The van der Waals surface area contributed by atoms with Crippen LogP contribution in [-0.2, 0) is 0 Å². The Morgan fingerprint density at radius 3 is 2.38 bits per heavy atom. The summed E-state index contributed by atoms with van der Waals surface area (Å²) in [7, 11) is 0. The first-order valence-electron chi connectivity index (χ1n) is 5.36. The second-order valence-corrected chi connectivity index (χ2v) is 4.57. The van der Waals surface area contributed by atoms with Crippen molar-refractivity contribution in [3.8, 4) is 5.75 Å². The Hall–Kier alpha value is -0.640. The Labute approximate surface area is 103 Å². The minimum absolute atomic E-state index is 0.199. The van der Waals surface area contributed by atoms with Gasteiger partial charge >= 0.3 is 6.11 Å². The van der Waals surface area contributed by atoms with Crippen molar-refractivity contribution in [3.05, 3.63) is 28.7 Å². The molecule has 0 saturated heterocycles. The van der Waals surface area contributed by atoms with Crippen LogP contribution in [0.4, 0.5) is 8.78 Å². The lowest BCUT2D eigenvalue weighted by Gasteiger charge is -2.17. The number of rotatable bonds is 6. The van der Waals surface area contributed by atoms with Gasteiger partial charge in [-0.1, -0.05) is 35.7 Å². The molecule has 0 aliphatic rings. The molecule has 0 aliphatic carbocycles. The van der Waals surface area contributed by atoms with Crippen molar-refractivity contribution in [2.75, 3.05) is 0 Å². The molecule has 0 fully saturated rings. The molecule has 4 heteroatoms. The standard InChI is InChI=1S/C12H15BrF2O/c1-2-3-4-9-12(14,15)16-11-7-5-10(13)6-8-11/h5-8H,2-4,9H2,1H3. The molecule has 1 nitrogen and oxygen atoms in total. The van der Waals surface area contributed by atoms with E-state index in [0.29, 0.717) is 6.42 Å². The Balaban J connectivity index is 2.48. The molecule has 0 bridgehead atoms. The lowest BCUT2D eigenvalue weighted by Crippen LogP contribution is -2.24. The van der Waals surface area contributed by atoms with Crippen LogP contribution in [0.25, 0.3) is 0 Å². The summed E-state index contributed by atoms with van der Waals surface area (Å²) in [5.41, 5.74) is 0. The van der Waals surface area contributed by atoms with Crippen LogP contribution in [0.1, 0.15) is 32.6 Å². The van der Waals surface area contributed by atoms with Crippen LogP contribution in [0.15, 0.2) is 28.7 Å². The summed E-state index contributed by atoms with van der Waals surface area (Å²) in [5, 5.41) is 0. The molecule has 1 aromatic carbocycles. The lowest BCUT2D eigenvalue weighted by atomic mass is 10.2. The van der Waals surface area contributed by atoms with Gasteiger partial charge in [-0.25, -0.2) is 0 Å². The van der Waals surface area contributed by atoms with E-state index in [1.807, 2.05) is 6.92 Å². The van der Waals surface area contributed by atoms with Crippen LogP contribution >= 0.6 is 15.9 Å². The largest absolute Gasteiger partial charge is 0.433 e.